The Kier molecular flexibility index (Phi) is 5.29. The highest BCUT2D eigenvalue weighted by molar-refractivity contribution is 6.09. The molecule has 4 rings (SSSR count). The zero-order valence-electron chi connectivity index (χ0n) is 16.3. The molecule has 0 aliphatic carbocycles. The first kappa shape index (κ1) is 18.7. The van der Waals surface area contributed by atoms with Gasteiger partial charge in [-0.25, -0.2) is 0 Å². The number of hydrogen-bond acceptors (Lipinski definition) is 2. The van der Waals surface area contributed by atoms with Gasteiger partial charge in [-0.05, 0) is 28.5 Å². The minimum Gasteiger partial charge on any atom is -0.351 e. The Labute approximate surface area is 169 Å². The number of carbonyl (C=O) groups is 2. The number of benzene rings is 3. The number of H-pyrrole nitrogens is 1. The molecule has 5 heteroatoms. The Morgan fingerprint density at radius 3 is 2.52 bits per heavy atom. The molecular formula is C24H23N3O2. The van der Waals surface area contributed by atoms with E-state index in [0.29, 0.717) is 18.8 Å². The molecule has 4 aromatic rings. The highest BCUT2D eigenvalue weighted by Crippen LogP contribution is 2.25. The number of rotatable bonds is 6. The first-order valence-electron chi connectivity index (χ1n) is 9.68. The Morgan fingerprint density at radius 2 is 1.69 bits per heavy atom. The predicted molar refractivity (Wildman–Crippen MR) is 116 cm³/mol. The van der Waals surface area contributed by atoms with Gasteiger partial charge >= 0.3 is 0 Å². The van der Waals surface area contributed by atoms with Gasteiger partial charge in [-0.15, -0.1) is 0 Å². The molecule has 0 unspecified atom stereocenters. The predicted octanol–water partition coefficient (Wildman–Crippen LogP) is 4.10. The molecule has 5 nitrogen and oxygen atoms in total. The van der Waals surface area contributed by atoms with Crippen LogP contribution in [0.3, 0.4) is 0 Å². The standard InChI is InChI=1S/C24H23N3O2/c1-27(16-17-7-3-2-4-8-17)23(28)13-14-25-24(29)22-15-20-19-10-6-5-9-18(19)11-12-21(20)26-22/h2-12,15,26H,13-14,16H2,1H3,(H,25,29). The molecule has 0 aliphatic rings. The quantitative estimate of drug-likeness (QED) is 0.525. The summed E-state index contributed by atoms with van der Waals surface area (Å²) < 4.78 is 0. The zero-order valence-corrected chi connectivity index (χ0v) is 16.3. The molecule has 2 N–H and O–H groups in total. The number of aromatic nitrogens is 1. The number of aromatic amines is 1. The summed E-state index contributed by atoms with van der Waals surface area (Å²) >= 11 is 0. The van der Waals surface area contributed by atoms with Crippen molar-refractivity contribution >= 4 is 33.5 Å². The maximum Gasteiger partial charge on any atom is 0.267 e. The van der Waals surface area contributed by atoms with Crippen LogP contribution in [0.15, 0.2) is 72.8 Å². The molecule has 0 radical (unpaired) electrons. The van der Waals surface area contributed by atoms with Crippen molar-refractivity contribution in [2.75, 3.05) is 13.6 Å². The number of hydrogen-bond donors (Lipinski definition) is 2. The van der Waals surface area contributed by atoms with Crippen LogP contribution in [0, 0.1) is 0 Å². The van der Waals surface area contributed by atoms with Gasteiger partial charge in [0, 0.05) is 37.5 Å². The van der Waals surface area contributed by atoms with Crippen LogP contribution < -0.4 is 5.32 Å². The van der Waals surface area contributed by atoms with Crippen molar-refractivity contribution in [3.8, 4) is 0 Å². The van der Waals surface area contributed by atoms with E-state index in [1.54, 1.807) is 11.9 Å². The molecule has 1 aromatic heterocycles. The highest BCUT2D eigenvalue weighted by Gasteiger charge is 2.13. The van der Waals surface area contributed by atoms with Crippen molar-refractivity contribution < 1.29 is 9.59 Å². The van der Waals surface area contributed by atoms with Crippen molar-refractivity contribution in [3.05, 3.63) is 84.1 Å². The lowest BCUT2D eigenvalue weighted by atomic mass is 10.1. The summed E-state index contributed by atoms with van der Waals surface area (Å²) in [5, 5.41) is 6.11. The number of amides is 2. The number of nitrogens with one attached hydrogen (secondary N) is 2. The second-order valence-electron chi connectivity index (χ2n) is 7.17. The summed E-state index contributed by atoms with van der Waals surface area (Å²) in [4.78, 5) is 29.7. The summed E-state index contributed by atoms with van der Waals surface area (Å²) in [7, 11) is 1.78. The Bertz CT molecular complexity index is 1160. The largest absolute Gasteiger partial charge is 0.351 e. The molecule has 146 valence electrons. The topological polar surface area (TPSA) is 65.2 Å². The monoisotopic (exact) mass is 385 g/mol. The van der Waals surface area contributed by atoms with Crippen LogP contribution in [-0.4, -0.2) is 35.3 Å². The highest BCUT2D eigenvalue weighted by atomic mass is 16.2. The van der Waals surface area contributed by atoms with Gasteiger partial charge in [-0.3, -0.25) is 9.59 Å². The van der Waals surface area contributed by atoms with Gasteiger partial charge in [0.25, 0.3) is 5.91 Å². The van der Waals surface area contributed by atoms with E-state index in [0.717, 1.165) is 27.2 Å². The van der Waals surface area contributed by atoms with Crippen LogP contribution in [0.25, 0.3) is 21.7 Å². The van der Waals surface area contributed by atoms with E-state index in [2.05, 4.69) is 22.4 Å². The molecule has 0 saturated heterocycles. The number of fused-ring (bicyclic) bond motifs is 3. The minimum absolute atomic E-state index is 0.00297. The van der Waals surface area contributed by atoms with Crippen LogP contribution in [0.1, 0.15) is 22.5 Å². The first-order chi connectivity index (χ1) is 14.1. The van der Waals surface area contributed by atoms with Crippen LogP contribution >= 0.6 is 0 Å². The second kappa shape index (κ2) is 8.19. The third-order valence-corrected chi connectivity index (χ3v) is 5.09. The summed E-state index contributed by atoms with van der Waals surface area (Å²) in [6.45, 7) is 0.857. The molecule has 29 heavy (non-hydrogen) atoms. The summed E-state index contributed by atoms with van der Waals surface area (Å²) in [6, 6.07) is 23.8. The van der Waals surface area contributed by atoms with Gasteiger partial charge in [0.05, 0.1) is 0 Å². The van der Waals surface area contributed by atoms with Crippen molar-refractivity contribution in [2.24, 2.45) is 0 Å². The molecule has 0 bridgehead atoms. The average molecular weight is 385 g/mol. The van der Waals surface area contributed by atoms with E-state index in [9.17, 15) is 9.59 Å². The molecule has 3 aromatic carbocycles. The molecule has 0 atom stereocenters. The van der Waals surface area contributed by atoms with Gasteiger partial charge in [-0.2, -0.15) is 0 Å². The van der Waals surface area contributed by atoms with Crippen LogP contribution in [0.2, 0.25) is 0 Å². The van der Waals surface area contributed by atoms with E-state index in [4.69, 9.17) is 0 Å². The molecule has 0 spiro atoms. The minimum atomic E-state index is -0.205. The lowest BCUT2D eigenvalue weighted by Crippen LogP contribution is -2.32. The van der Waals surface area contributed by atoms with Gasteiger partial charge in [0.1, 0.15) is 5.69 Å². The van der Waals surface area contributed by atoms with Gasteiger partial charge < -0.3 is 15.2 Å². The lowest BCUT2D eigenvalue weighted by molar-refractivity contribution is -0.130. The van der Waals surface area contributed by atoms with Crippen molar-refractivity contribution in [1.82, 2.24) is 15.2 Å². The van der Waals surface area contributed by atoms with Gasteiger partial charge in [0.2, 0.25) is 5.91 Å². The van der Waals surface area contributed by atoms with E-state index < -0.39 is 0 Å². The third-order valence-electron chi connectivity index (χ3n) is 5.09. The van der Waals surface area contributed by atoms with Crippen LogP contribution in [0.5, 0.6) is 0 Å². The SMILES string of the molecule is CN(Cc1ccccc1)C(=O)CCNC(=O)c1cc2c(ccc3ccccc32)[nH]1. The van der Waals surface area contributed by atoms with Gasteiger partial charge in [0.15, 0.2) is 0 Å². The smallest absolute Gasteiger partial charge is 0.267 e. The van der Waals surface area contributed by atoms with E-state index in [-0.39, 0.29) is 18.2 Å². The molecule has 0 fully saturated rings. The summed E-state index contributed by atoms with van der Waals surface area (Å²) in [6.07, 6.45) is 0.262. The number of carbonyl (C=O) groups excluding carboxylic acids is 2. The van der Waals surface area contributed by atoms with Crippen molar-refractivity contribution in [1.29, 1.82) is 0 Å². The van der Waals surface area contributed by atoms with E-state index in [1.165, 1.54) is 0 Å². The maximum atomic E-state index is 12.5. The Balaban J connectivity index is 1.36. The average Bonchev–Trinajstić information content (AvgIpc) is 3.19. The molecule has 2 amide bonds. The van der Waals surface area contributed by atoms with Gasteiger partial charge in [-0.1, -0.05) is 60.7 Å². The molecular weight excluding hydrogens is 362 g/mol. The van der Waals surface area contributed by atoms with Crippen LogP contribution in [0.4, 0.5) is 0 Å². The fourth-order valence-corrected chi connectivity index (χ4v) is 3.52. The second-order valence-corrected chi connectivity index (χ2v) is 7.17. The zero-order chi connectivity index (χ0) is 20.2. The molecule has 1 heterocycles. The fourth-order valence-electron chi connectivity index (χ4n) is 3.52. The third kappa shape index (κ3) is 4.14. The van der Waals surface area contributed by atoms with Crippen LogP contribution in [-0.2, 0) is 11.3 Å². The normalized spacial score (nSPS) is 10.9. The molecule has 0 aliphatic heterocycles. The van der Waals surface area contributed by atoms with E-state index >= 15 is 0 Å². The Hall–Kier alpha value is -3.60. The van der Waals surface area contributed by atoms with Crippen molar-refractivity contribution in [3.63, 3.8) is 0 Å². The molecule has 0 saturated carbocycles. The summed E-state index contributed by atoms with van der Waals surface area (Å²) in [5.41, 5.74) is 2.51. The summed E-state index contributed by atoms with van der Waals surface area (Å²) in [5.74, 6) is -0.208. The maximum absolute atomic E-state index is 12.5. The Morgan fingerprint density at radius 1 is 0.931 bits per heavy atom. The first-order valence-corrected chi connectivity index (χ1v) is 9.68. The number of nitrogens with zero attached hydrogens (tertiary/aromatic N) is 1. The fraction of sp³-hybridized carbons (Fsp3) is 0.167. The van der Waals surface area contributed by atoms with Crippen molar-refractivity contribution in [2.45, 2.75) is 13.0 Å². The lowest BCUT2D eigenvalue weighted by Gasteiger charge is -2.17. The van der Waals surface area contributed by atoms with E-state index in [1.807, 2.05) is 60.7 Å².